The molecule has 4 nitrogen and oxygen atoms in total. The van der Waals surface area contributed by atoms with Gasteiger partial charge in [-0.1, -0.05) is 24.3 Å². The highest BCUT2D eigenvalue weighted by Crippen LogP contribution is 2.32. The lowest BCUT2D eigenvalue weighted by Crippen LogP contribution is -2.10. The van der Waals surface area contributed by atoms with E-state index in [1.54, 1.807) is 7.11 Å². The van der Waals surface area contributed by atoms with Gasteiger partial charge in [-0.15, -0.1) is 0 Å². The Labute approximate surface area is 138 Å². The molecule has 2 aromatic carbocycles. The number of H-pyrrole nitrogens is 1. The molecular formula is C20H16N2O2. The number of fused-ring (bicyclic) bond motifs is 3. The van der Waals surface area contributed by atoms with Gasteiger partial charge >= 0.3 is 0 Å². The predicted molar refractivity (Wildman–Crippen MR) is 96.6 cm³/mol. The molecule has 0 saturated carbocycles. The van der Waals surface area contributed by atoms with E-state index in [2.05, 4.69) is 9.97 Å². The number of benzene rings is 2. The van der Waals surface area contributed by atoms with Gasteiger partial charge in [0.1, 0.15) is 11.3 Å². The summed E-state index contributed by atoms with van der Waals surface area (Å²) >= 11 is 0. The van der Waals surface area contributed by atoms with E-state index < -0.39 is 0 Å². The highest BCUT2D eigenvalue weighted by molar-refractivity contribution is 6.10. The summed E-state index contributed by atoms with van der Waals surface area (Å²) in [5.41, 5.74) is 2.89. The molecule has 0 radical (unpaired) electrons. The number of pyridine rings is 2. The van der Waals surface area contributed by atoms with Gasteiger partial charge in [0, 0.05) is 22.0 Å². The number of aryl methyl sites for hydroxylation is 1. The molecule has 0 aliphatic rings. The molecule has 2 aromatic heterocycles. The van der Waals surface area contributed by atoms with Crippen molar-refractivity contribution in [2.24, 2.45) is 0 Å². The highest BCUT2D eigenvalue weighted by Gasteiger charge is 2.12. The molecule has 0 aliphatic carbocycles. The number of aromatic nitrogens is 2. The minimum atomic E-state index is -0.162. The number of ether oxygens (including phenoxy) is 1. The van der Waals surface area contributed by atoms with E-state index in [4.69, 9.17) is 4.74 Å². The monoisotopic (exact) mass is 316 g/mol. The molecule has 0 amide bonds. The van der Waals surface area contributed by atoms with Crippen LogP contribution in [-0.4, -0.2) is 17.1 Å². The molecule has 0 aliphatic heterocycles. The summed E-state index contributed by atoms with van der Waals surface area (Å²) in [7, 11) is 1.64. The van der Waals surface area contributed by atoms with E-state index in [0.29, 0.717) is 5.52 Å². The van der Waals surface area contributed by atoms with Crippen LogP contribution >= 0.6 is 0 Å². The zero-order valence-electron chi connectivity index (χ0n) is 13.5. The first kappa shape index (κ1) is 14.5. The first-order valence-corrected chi connectivity index (χ1v) is 7.74. The van der Waals surface area contributed by atoms with Crippen LogP contribution < -0.4 is 10.3 Å². The van der Waals surface area contributed by atoms with Crippen molar-refractivity contribution in [3.05, 3.63) is 70.6 Å². The summed E-state index contributed by atoms with van der Waals surface area (Å²) in [6.45, 7) is 1.88. The summed E-state index contributed by atoms with van der Waals surface area (Å²) in [6.07, 6.45) is 0. The zero-order chi connectivity index (χ0) is 16.7. The minimum Gasteiger partial charge on any atom is -0.497 e. The van der Waals surface area contributed by atoms with Gasteiger partial charge < -0.3 is 9.72 Å². The quantitative estimate of drug-likeness (QED) is 0.567. The van der Waals surface area contributed by atoms with Crippen molar-refractivity contribution < 1.29 is 4.74 Å². The Morgan fingerprint density at radius 2 is 1.67 bits per heavy atom. The lowest BCUT2D eigenvalue weighted by atomic mass is 10.0. The summed E-state index contributed by atoms with van der Waals surface area (Å²) in [5.74, 6) is 0.789. The Kier molecular flexibility index (Phi) is 3.31. The van der Waals surface area contributed by atoms with Crippen molar-refractivity contribution in [1.29, 1.82) is 0 Å². The van der Waals surface area contributed by atoms with Crippen LogP contribution in [0.15, 0.2) is 59.4 Å². The van der Waals surface area contributed by atoms with Crippen molar-refractivity contribution in [3.8, 4) is 17.0 Å². The second kappa shape index (κ2) is 5.49. The van der Waals surface area contributed by atoms with E-state index >= 15 is 0 Å². The topological polar surface area (TPSA) is 55.0 Å². The fourth-order valence-corrected chi connectivity index (χ4v) is 3.06. The number of hydrogen-bond donors (Lipinski definition) is 1. The van der Waals surface area contributed by atoms with Gasteiger partial charge in [-0.3, -0.25) is 4.79 Å². The lowest BCUT2D eigenvalue weighted by molar-refractivity contribution is 0.415. The zero-order valence-corrected chi connectivity index (χ0v) is 13.5. The molecule has 0 fully saturated rings. The van der Waals surface area contributed by atoms with Crippen molar-refractivity contribution in [1.82, 2.24) is 9.97 Å². The van der Waals surface area contributed by atoms with Gasteiger partial charge in [0.15, 0.2) is 0 Å². The number of nitrogens with zero attached hydrogens (tertiary/aromatic N) is 1. The Balaban J connectivity index is 2.12. The maximum Gasteiger partial charge on any atom is 0.274 e. The highest BCUT2D eigenvalue weighted by atomic mass is 16.5. The van der Waals surface area contributed by atoms with Crippen molar-refractivity contribution in [3.63, 3.8) is 0 Å². The average molecular weight is 316 g/mol. The molecule has 4 rings (SSSR count). The lowest BCUT2D eigenvalue weighted by Gasteiger charge is -2.10. The third-order valence-corrected chi connectivity index (χ3v) is 4.20. The van der Waals surface area contributed by atoms with E-state index in [-0.39, 0.29) is 5.56 Å². The molecule has 2 heterocycles. The molecule has 1 N–H and O–H groups in total. The van der Waals surface area contributed by atoms with Crippen LogP contribution in [-0.2, 0) is 0 Å². The van der Waals surface area contributed by atoms with Crippen molar-refractivity contribution in [2.45, 2.75) is 6.92 Å². The first-order valence-electron chi connectivity index (χ1n) is 7.74. The normalized spacial score (nSPS) is 11.1. The molecule has 118 valence electrons. The number of aromatic amines is 1. The Morgan fingerprint density at radius 3 is 2.38 bits per heavy atom. The molecular weight excluding hydrogens is 300 g/mol. The molecule has 0 bridgehead atoms. The van der Waals surface area contributed by atoms with Crippen LogP contribution in [0.5, 0.6) is 5.75 Å². The van der Waals surface area contributed by atoms with E-state index in [1.165, 1.54) is 0 Å². The summed E-state index contributed by atoms with van der Waals surface area (Å²) in [4.78, 5) is 19.9. The number of methoxy groups -OCH3 is 1. The summed E-state index contributed by atoms with van der Waals surface area (Å²) in [6, 6.07) is 17.7. The second-order valence-electron chi connectivity index (χ2n) is 5.78. The van der Waals surface area contributed by atoms with E-state index in [1.807, 2.05) is 61.5 Å². The largest absolute Gasteiger partial charge is 0.497 e. The smallest absolute Gasteiger partial charge is 0.274 e. The van der Waals surface area contributed by atoms with Gasteiger partial charge in [0.2, 0.25) is 0 Å². The van der Waals surface area contributed by atoms with Crippen LogP contribution in [0.3, 0.4) is 0 Å². The molecule has 0 saturated heterocycles. The Bertz CT molecular complexity index is 1110. The van der Waals surface area contributed by atoms with Gasteiger partial charge in [-0.05, 0) is 42.6 Å². The van der Waals surface area contributed by atoms with E-state index in [9.17, 15) is 4.79 Å². The van der Waals surface area contributed by atoms with Gasteiger partial charge in [0.25, 0.3) is 5.56 Å². The molecule has 0 unspecified atom stereocenters. The fourth-order valence-electron chi connectivity index (χ4n) is 3.06. The van der Waals surface area contributed by atoms with Crippen molar-refractivity contribution in [2.75, 3.05) is 7.11 Å². The van der Waals surface area contributed by atoms with Gasteiger partial charge in [0.05, 0.1) is 12.8 Å². The fraction of sp³-hybridized carbons (Fsp3) is 0.100. The molecule has 0 atom stereocenters. The first-order chi connectivity index (χ1) is 11.7. The van der Waals surface area contributed by atoms with Crippen molar-refractivity contribution >= 4 is 21.7 Å². The Hall–Kier alpha value is -3.14. The minimum absolute atomic E-state index is 0.162. The Morgan fingerprint density at radius 1 is 0.958 bits per heavy atom. The van der Waals surface area contributed by atoms with E-state index in [0.717, 1.165) is 38.9 Å². The van der Waals surface area contributed by atoms with Crippen LogP contribution in [0.25, 0.3) is 32.9 Å². The summed E-state index contributed by atoms with van der Waals surface area (Å²) < 4.78 is 5.22. The maximum atomic E-state index is 12.4. The standard InChI is InChI=1S/C20H16N2O2/c1-12-11-17-15-5-3-4-6-16(15)18(22-19(17)20(23)21-12)13-7-9-14(24-2)10-8-13/h3-11H,1-2H3,(H,21,23). The van der Waals surface area contributed by atoms with Crippen LogP contribution in [0.1, 0.15) is 5.69 Å². The van der Waals surface area contributed by atoms with Crippen LogP contribution in [0.2, 0.25) is 0 Å². The summed E-state index contributed by atoms with van der Waals surface area (Å²) in [5, 5.41) is 2.94. The average Bonchev–Trinajstić information content (AvgIpc) is 2.61. The molecule has 4 aromatic rings. The second-order valence-corrected chi connectivity index (χ2v) is 5.78. The SMILES string of the molecule is COc1ccc(-c2nc3c(=O)[nH]c(C)cc3c3ccccc23)cc1. The van der Waals surface area contributed by atoms with Crippen LogP contribution in [0, 0.1) is 6.92 Å². The maximum absolute atomic E-state index is 12.4. The van der Waals surface area contributed by atoms with Crippen LogP contribution in [0.4, 0.5) is 0 Å². The number of nitrogens with one attached hydrogen (secondary N) is 1. The molecule has 24 heavy (non-hydrogen) atoms. The number of hydrogen-bond acceptors (Lipinski definition) is 3. The van der Waals surface area contributed by atoms with Gasteiger partial charge in [-0.2, -0.15) is 0 Å². The third kappa shape index (κ3) is 2.24. The predicted octanol–water partition coefficient (Wildman–Crippen LogP) is 4.06. The molecule has 4 heteroatoms. The number of rotatable bonds is 2. The molecule has 0 spiro atoms. The van der Waals surface area contributed by atoms with Gasteiger partial charge in [-0.25, -0.2) is 4.98 Å². The third-order valence-electron chi connectivity index (χ3n) is 4.20.